The van der Waals surface area contributed by atoms with Gasteiger partial charge in [-0.3, -0.25) is 9.59 Å². The zero-order chi connectivity index (χ0) is 17.0. The van der Waals surface area contributed by atoms with Crippen LogP contribution < -0.4 is 4.74 Å². The summed E-state index contributed by atoms with van der Waals surface area (Å²) in [5.41, 5.74) is 0.305. The largest absolute Gasteiger partial charge is 0.497 e. The van der Waals surface area contributed by atoms with Crippen molar-refractivity contribution in [3.05, 3.63) is 29.8 Å². The van der Waals surface area contributed by atoms with Crippen LogP contribution in [0.1, 0.15) is 44.6 Å². The van der Waals surface area contributed by atoms with E-state index in [1.807, 2.05) is 24.3 Å². The Hall–Kier alpha value is -2.04. The van der Waals surface area contributed by atoms with Crippen molar-refractivity contribution in [2.24, 2.45) is 5.41 Å². The van der Waals surface area contributed by atoms with Gasteiger partial charge in [-0.25, -0.2) is 0 Å². The maximum atomic E-state index is 12.5. The van der Waals surface area contributed by atoms with Crippen LogP contribution in [0.4, 0.5) is 0 Å². The summed E-state index contributed by atoms with van der Waals surface area (Å²) in [7, 11) is 1.63. The van der Waals surface area contributed by atoms with E-state index in [0.29, 0.717) is 25.9 Å². The lowest BCUT2D eigenvalue weighted by Crippen LogP contribution is -2.35. The first-order chi connectivity index (χ1) is 10.9. The number of carbonyl (C=O) groups excluding carboxylic acids is 1. The molecule has 0 saturated carbocycles. The van der Waals surface area contributed by atoms with Crippen molar-refractivity contribution < 1.29 is 19.4 Å². The molecule has 0 spiro atoms. The van der Waals surface area contributed by atoms with Gasteiger partial charge in [0.2, 0.25) is 5.91 Å². The molecule has 0 bridgehead atoms. The van der Waals surface area contributed by atoms with Crippen LogP contribution >= 0.6 is 0 Å². The summed E-state index contributed by atoms with van der Waals surface area (Å²) in [6.45, 7) is 4.61. The maximum Gasteiger partial charge on any atom is 0.311 e. The Bertz CT molecular complexity index is 569. The van der Waals surface area contributed by atoms with Crippen molar-refractivity contribution in [2.75, 3.05) is 20.2 Å². The number of methoxy groups -OCH3 is 1. The highest BCUT2D eigenvalue weighted by atomic mass is 16.5. The minimum Gasteiger partial charge on any atom is -0.497 e. The standard InChI is InChI=1S/C18H25NO4/c1-4-13(14-5-7-15(23-3)8-6-14)11-16(20)19-10-9-18(2,12-19)17(21)22/h5-8,13H,4,9-12H2,1-3H3,(H,21,22). The summed E-state index contributed by atoms with van der Waals surface area (Å²) >= 11 is 0. The van der Waals surface area contributed by atoms with Crippen LogP contribution in [0.2, 0.25) is 0 Å². The van der Waals surface area contributed by atoms with Crippen LogP contribution in [-0.2, 0) is 9.59 Å². The zero-order valence-electron chi connectivity index (χ0n) is 14.0. The SMILES string of the molecule is CCC(CC(=O)N1CCC(C)(C(=O)O)C1)c1ccc(OC)cc1. The summed E-state index contributed by atoms with van der Waals surface area (Å²) in [6, 6.07) is 7.79. The molecule has 1 saturated heterocycles. The van der Waals surface area contributed by atoms with E-state index in [1.54, 1.807) is 18.9 Å². The first kappa shape index (κ1) is 17.3. The molecule has 0 aromatic heterocycles. The molecule has 2 atom stereocenters. The molecule has 1 aromatic rings. The Morgan fingerprint density at radius 2 is 2.00 bits per heavy atom. The normalized spacial score (nSPS) is 22.0. The minimum atomic E-state index is -0.824. The molecular weight excluding hydrogens is 294 g/mol. The summed E-state index contributed by atoms with van der Waals surface area (Å²) < 4.78 is 5.16. The summed E-state index contributed by atoms with van der Waals surface area (Å²) in [5.74, 6) is 0.157. The number of ether oxygens (including phenoxy) is 1. The topological polar surface area (TPSA) is 66.8 Å². The number of carboxylic acid groups (broad SMARTS) is 1. The molecule has 1 N–H and O–H groups in total. The molecule has 2 unspecified atom stereocenters. The van der Waals surface area contributed by atoms with Crippen molar-refractivity contribution >= 4 is 11.9 Å². The number of aliphatic carboxylic acids is 1. The van der Waals surface area contributed by atoms with Crippen LogP contribution in [0.15, 0.2) is 24.3 Å². The van der Waals surface area contributed by atoms with Crippen LogP contribution in [0.25, 0.3) is 0 Å². The summed E-state index contributed by atoms with van der Waals surface area (Å²) in [6.07, 6.45) is 1.80. The Labute approximate surface area is 137 Å². The van der Waals surface area contributed by atoms with Gasteiger partial charge in [0.05, 0.1) is 12.5 Å². The highest BCUT2D eigenvalue weighted by Crippen LogP contribution is 2.32. The molecule has 1 heterocycles. The number of nitrogens with zero attached hydrogens (tertiary/aromatic N) is 1. The first-order valence-corrected chi connectivity index (χ1v) is 8.04. The summed E-state index contributed by atoms with van der Waals surface area (Å²) in [5, 5.41) is 9.28. The smallest absolute Gasteiger partial charge is 0.311 e. The third-order valence-electron chi connectivity index (χ3n) is 4.84. The van der Waals surface area contributed by atoms with Crippen LogP contribution in [-0.4, -0.2) is 42.1 Å². The Kier molecular flexibility index (Phi) is 5.29. The van der Waals surface area contributed by atoms with Gasteiger partial charge in [0.15, 0.2) is 0 Å². The number of hydrogen-bond acceptors (Lipinski definition) is 3. The van der Waals surface area contributed by atoms with E-state index in [9.17, 15) is 14.7 Å². The van der Waals surface area contributed by atoms with Crippen LogP contribution in [0.5, 0.6) is 5.75 Å². The third kappa shape index (κ3) is 3.84. The molecule has 1 amide bonds. The van der Waals surface area contributed by atoms with Gasteiger partial charge in [0.1, 0.15) is 5.75 Å². The highest BCUT2D eigenvalue weighted by molar-refractivity contribution is 5.81. The second-order valence-electron chi connectivity index (χ2n) is 6.51. The van der Waals surface area contributed by atoms with E-state index >= 15 is 0 Å². The fraction of sp³-hybridized carbons (Fsp3) is 0.556. The number of amides is 1. The van der Waals surface area contributed by atoms with Crippen molar-refractivity contribution in [1.82, 2.24) is 4.90 Å². The Morgan fingerprint density at radius 3 is 2.48 bits per heavy atom. The molecule has 126 valence electrons. The van der Waals surface area contributed by atoms with E-state index < -0.39 is 11.4 Å². The molecule has 23 heavy (non-hydrogen) atoms. The van der Waals surface area contributed by atoms with Crippen LogP contribution in [0.3, 0.4) is 0 Å². The molecule has 0 aliphatic carbocycles. The van der Waals surface area contributed by atoms with Gasteiger partial charge in [-0.05, 0) is 43.4 Å². The van der Waals surface area contributed by atoms with Crippen molar-refractivity contribution in [2.45, 2.75) is 39.0 Å². The number of rotatable bonds is 6. The number of carboxylic acids is 1. The molecule has 1 aliphatic heterocycles. The third-order valence-corrected chi connectivity index (χ3v) is 4.84. The molecule has 0 radical (unpaired) electrons. The number of benzene rings is 1. The Balaban J connectivity index is 2.01. The minimum absolute atomic E-state index is 0.0395. The fourth-order valence-corrected chi connectivity index (χ4v) is 3.06. The van der Waals surface area contributed by atoms with E-state index in [-0.39, 0.29) is 11.8 Å². The van der Waals surface area contributed by atoms with Crippen molar-refractivity contribution in [1.29, 1.82) is 0 Å². The van der Waals surface area contributed by atoms with Gasteiger partial charge in [-0.2, -0.15) is 0 Å². The predicted molar refractivity (Wildman–Crippen MR) is 87.6 cm³/mol. The maximum absolute atomic E-state index is 12.5. The number of carbonyl (C=O) groups is 2. The number of hydrogen-bond donors (Lipinski definition) is 1. The average molecular weight is 319 g/mol. The van der Waals surface area contributed by atoms with E-state index in [0.717, 1.165) is 17.7 Å². The molecule has 1 fully saturated rings. The van der Waals surface area contributed by atoms with Gasteiger partial charge in [0, 0.05) is 19.5 Å². The molecule has 1 aliphatic rings. The second-order valence-corrected chi connectivity index (χ2v) is 6.51. The zero-order valence-corrected chi connectivity index (χ0v) is 14.0. The van der Waals surface area contributed by atoms with Gasteiger partial charge >= 0.3 is 5.97 Å². The lowest BCUT2D eigenvalue weighted by molar-refractivity contribution is -0.147. The highest BCUT2D eigenvalue weighted by Gasteiger charge is 2.42. The van der Waals surface area contributed by atoms with E-state index in [4.69, 9.17) is 4.74 Å². The molecule has 5 nitrogen and oxygen atoms in total. The quantitative estimate of drug-likeness (QED) is 0.875. The van der Waals surface area contributed by atoms with Gasteiger partial charge in [-0.15, -0.1) is 0 Å². The summed E-state index contributed by atoms with van der Waals surface area (Å²) in [4.78, 5) is 25.5. The predicted octanol–water partition coefficient (Wildman–Crippen LogP) is 2.90. The Morgan fingerprint density at radius 1 is 1.35 bits per heavy atom. The van der Waals surface area contributed by atoms with Gasteiger partial charge in [0.25, 0.3) is 0 Å². The lowest BCUT2D eigenvalue weighted by Gasteiger charge is -2.23. The second kappa shape index (κ2) is 7.02. The average Bonchev–Trinajstić information content (AvgIpc) is 2.96. The lowest BCUT2D eigenvalue weighted by atomic mass is 9.90. The number of likely N-dealkylation sites (tertiary alicyclic amines) is 1. The van der Waals surface area contributed by atoms with Crippen molar-refractivity contribution in [3.63, 3.8) is 0 Å². The van der Waals surface area contributed by atoms with Gasteiger partial charge in [-0.1, -0.05) is 19.1 Å². The van der Waals surface area contributed by atoms with Gasteiger partial charge < -0.3 is 14.7 Å². The van der Waals surface area contributed by atoms with E-state index in [2.05, 4.69) is 6.92 Å². The molecular formula is C18H25NO4. The van der Waals surface area contributed by atoms with Crippen molar-refractivity contribution in [3.8, 4) is 5.75 Å². The monoisotopic (exact) mass is 319 g/mol. The first-order valence-electron chi connectivity index (χ1n) is 8.04. The molecule has 5 heteroatoms. The fourth-order valence-electron chi connectivity index (χ4n) is 3.06. The van der Waals surface area contributed by atoms with E-state index in [1.165, 1.54) is 0 Å². The van der Waals surface area contributed by atoms with Crippen LogP contribution in [0, 0.1) is 5.41 Å². The molecule has 2 rings (SSSR count). The molecule has 1 aromatic carbocycles.